The maximum atomic E-state index is 15.2. The van der Waals surface area contributed by atoms with Gasteiger partial charge in [0, 0.05) is 11.1 Å². The van der Waals surface area contributed by atoms with Crippen LogP contribution in [0.4, 0.5) is 17.6 Å². The number of rotatable bonds is 6. The average molecular weight is 426 g/mol. The molecule has 1 unspecified atom stereocenters. The highest BCUT2D eigenvalue weighted by molar-refractivity contribution is 5.66. The van der Waals surface area contributed by atoms with Crippen molar-refractivity contribution in [2.75, 3.05) is 0 Å². The lowest BCUT2D eigenvalue weighted by Crippen LogP contribution is -2.17. The molecule has 1 atom stereocenters. The Labute approximate surface area is 180 Å². The number of fused-ring (bicyclic) bond motifs is 1. The van der Waals surface area contributed by atoms with Gasteiger partial charge in [-0.2, -0.15) is 0 Å². The maximum Gasteiger partial charge on any atom is 0.134 e. The van der Waals surface area contributed by atoms with E-state index in [1.165, 1.54) is 24.3 Å². The molecule has 0 heterocycles. The van der Waals surface area contributed by atoms with E-state index in [0.29, 0.717) is 47.9 Å². The lowest BCUT2D eigenvalue weighted by molar-refractivity contribution is 0.481. The van der Waals surface area contributed by atoms with Crippen molar-refractivity contribution in [2.24, 2.45) is 0 Å². The zero-order chi connectivity index (χ0) is 22.0. The summed E-state index contributed by atoms with van der Waals surface area (Å²) >= 11 is 0. The van der Waals surface area contributed by atoms with Crippen molar-refractivity contribution in [1.82, 2.24) is 0 Å². The van der Waals surface area contributed by atoms with Gasteiger partial charge < -0.3 is 0 Å². The third-order valence-corrected chi connectivity index (χ3v) is 6.32. The smallest absolute Gasteiger partial charge is 0.134 e. The minimum Gasteiger partial charge on any atom is -0.207 e. The van der Waals surface area contributed by atoms with Crippen molar-refractivity contribution in [3.63, 3.8) is 0 Å². The van der Waals surface area contributed by atoms with E-state index in [-0.39, 0.29) is 23.1 Å². The summed E-state index contributed by atoms with van der Waals surface area (Å²) in [5, 5.41) is 0. The molecule has 31 heavy (non-hydrogen) atoms. The fourth-order valence-electron chi connectivity index (χ4n) is 4.66. The van der Waals surface area contributed by atoms with Crippen molar-refractivity contribution < 1.29 is 17.6 Å². The van der Waals surface area contributed by atoms with E-state index in [1.54, 1.807) is 18.2 Å². The lowest BCUT2D eigenvalue weighted by atomic mass is 9.78. The van der Waals surface area contributed by atoms with E-state index in [4.69, 9.17) is 0 Å². The molecule has 0 spiro atoms. The molecule has 0 amide bonds. The summed E-state index contributed by atoms with van der Waals surface area (Å²) in [5.74, 6) is -2.00. The molecule has 4 heteroatoms. The van der Waals surface area contributed by atoms with Gasteiger partial charge in [0.05, 0.1) is 0 Å². The van der Waals surface area contributed by atoms with Gasteiger partial charge in [0.1, 0.15) is 23.3 Å². The van der Waals surface area contributed by atoms with Crippen LogP contribution in [0.25, 0.3) is 11.1 Å². The van der Waals surface area contributed by atoms with Gasteiger partial charge in [0.15, 0.2) is 0 Å². The summed E-state index contributed by atoms with van der Waals surface area (Å²) in [7, 11) is 0. The lowest BCUT2D eigenvalue weighted by Gasteiger charge is -2.27. The number of halogens is 4. The van der Waals surface area contributed by atoms with Crippen LogP contribution in [-0.2, 0) is 19.3 Å². The second kappa shape index (κ2) is 9.25. The van der Waals surface area contributed by atoms with Crippen molar-refractivity contribution in [3.05, 3.63) is 94.1 Å². The van der Waals surface area contributed by atoms with Crippen molar-refractivity contribution >= 4 is 0 Å². The molecular formula is C27H26F4. The predicted octanol–water partition coefficient (Wildman–Crippen LogP) is 7.92. The SMILES string of the molecule is CCCCCc1cc(F)c(C2CCc3c(ccc(-c4ccc(F)cc4)c3F)C2)c(F)c1. The first-order valence-corrected chi connectivity index (χ1v) is 11.0. The molecule has 162 valence electrons. The van der Waals surface area contributed by atoms with Crippen LogP contribution in [0.1, 0.15) is 60.8 Å². The molecule has 0 radical (unpaired) electrons. The molecule has 0 saturated carbocycles. The zero-order valence-corrected chi connectivity index (χ0v) is 17.7. The molecule has 0 fully saturated rings. The predicted molar refractivity (Wildman–Crippen MR) is 116 cm³/mol. The largest absolute Gasteiger partial charge is 0.207 e. The first-order valence-electron chi connectivity index (χ1n) is 11.0. The fraction of sp³-hybridized carbons (Fsp3) is 0.333. The number of hydrogen-bond acceptors (Lipinski definition) is 0. The van der Waals surface area contributed by atoms with E-state index in [9.17, 15) is 13.2 Å². The van der Waals surface area contributed by atoms with Gasteiger partial charge in [0.2, 0.25) is 0 Å². The third kappa shape index (κ3) is 4.53. The average Bonchev–Trinajstić information content (AvgIpc) is 2.75. The Hall–Kier alpha value is -2.62. The second-order valence-corrected chi connectivity index (χ2v) is 8.44. The van der Waals surface area contributed by atoms with Crippen molar-refractivity contribution in [1.29, 1.82) is 0 Å². The first kappa shape index (κ1) is 21.6. The van der Waals surface area contributed by atoms with Gasteiger partial charge in [-0.1, -0.05) is 44.0 Å². The molecule has 0 N–H and O–H groups in total. The number of benzene rings is 3. The quantitative estimate of drug-likeness (QED) is 0.277. The normalized spacial score (nSPS) is 15.7. The molecule has 0 saturated heterocycles. The Morgan fingerprint density at radius 2 is 1.58 bits per heavy atom. The third-order valence-electron chi connectivity index (χ3n) is 6.32. The summed E-state index contributed by atoms with van der Waals surface area (Å²) in [4.78, 5) is 0. The number of aryl methyl sites for hydroxylation is 1. The van der Waals surface area contributed by atoms with Crippen LogP contribution in [-0.4, -0.2) is 0 Å². The summed E-state index contributed by atoms with van der Waals surface area (Å²) < 4.78 is 58.0. The Balaban J connectivity index is 1.58. The Morgan fingerprint density at radius 3 is 2.26 bits per heavy atom. The van der Waals surface area contributed by atoms with Crippen LogP contribution >= 0.6 is 0 Å². The van der Waals surface area contributed by atoms with Gasteiger partial charge in [-0.3, -0.25) is 0 Å². The molecule has 0 nitrogen and oxygen atoms in total. The highest BCUT2D eigenvalue weighted by Gasteiger charge is 2.28. The van der Waals surface area contributed by atoms with Gasteiger partial charge in [-0.15, -0.1) is 0 Å². The molecule has 3 aromatic carbocycles. The zero-order valence-electron chi connectivity index (χ0n) is 17.7. The van der Waals surface area contributed by atoms with Gasteiger partial charge in [-0.05, 0) is 84.5 Å². The fourth-order valence-corrected chi connectivity index (χ4v) is 4.66. The first-order chi connectivity index (χ1) is 15.0. The van der Waals surface area contributed by atoms with Gasteiger partial charge in [0.25, 0.3) is 0 Å². The van der Waals surface area contributed by atoms with Crippen LogP contribution < -0.4 is 0 Å². The van der Waals surface area contributed by atoms with E-state index in [0.717, 1.165) is 24.8 Å². The minimum absolute atomic E-state index is 0.118. The van der Waals surface area contributed by atoms with Crippen molar-refractivity contribution in [2.45, 2.75) is 57.8 Å². The highest BCUT2D eigenvalue weighted by Crippen LogP contribution is 2.39. The minimum atomic E-state index is -0.497. The topological polar surface area (TPSA) is 0 Å². The van der Waals surface area contributed by atoms with Crippen LogP contribution in [0.3, 0.4) is 0 Å². The standard InChI is InChI=1S/C27H26F4/c1-2-3-4-5-17-14-24(29)26(25(30)15-17)20-9-13-23-19(16-20)8-12-22(27(23)31)18-6-10-21(28)11-7-18/h6-8,10-12,14-15,20H,2-5,9,13,16H2,1H3. The highest BCUT2D eigenvalue weighted by atomic mass is 19.1. The molecule has 0 bridgehead atoms. The number of unbranched alkanes of at least 4 members (excludes halogenated alkanes) is 2. The van der Waals surface area contributed by atoms with Crippen molar-refractivity contribution in [3.8, 4) is 11.1 Å². The van der Waals surface area contributed by atoms with Crippen LogP contribution in [0.15, 0.2) is 48.5 Å². The van der Waals surface area contributed by atoms with E-state index in [1.807, 2.05) is 6.07 Å². The molecule has 4 rings (SSSR count). The monoisotopic (exact) mass is 426 g/mol. The summed E-state index contributed by atoms with van der Waals surface area (Å²) in [6, 6.07) is 12.1. The van der Waals surface area contributed by atoms with Crippen LogP contribution in [0, 0.1) is 23.3 Å². The Kier molecular flexibility index (Phi) is 6.45. The van der Waals surface area contributed by atoms with E-state index >= 15 is 4.39 Å². The molecule has 1 aliphatic carbocycles. The second-order valence-electron chi connectivity index (χ2n) is 8.44. The van der Waals surface area contributed by atoms with Crippen LogP contribution in [0.2, 0.25) is 0 Å². The Bertz CT molecular complexity index is 1050. The maximum absolute atomic E-state index is 15.2. The molecular weight excluding hydrogens is 400 g/mol. The summed E-state index contributed by atoms with van der Waals surface area (Å²) in [6.45, 7) is 2.09. The van der Waals surface area contributed by atoms with E-state index in [2.05, 4.69) is 6.92 Å². The molecule has 3 aromatic rings. The van der Waals surface area contributed by atoms with Crippen LogP contribution in [0.5, 0.6) is 0 Å². The Morgan fingerprint density at radius 1 is 0.871 bits per heavy atom. The molecule has 0 aromatic heterocycles. The summed E-state index contributed by atoms with van der Waals surface area (Å²) in [6.07, 6.45) is 4.99. The van der Waals surface area contributed by atoms with Gasteiger partial charge in [-0.25, -0.2) is 17.6 Å². The molecule has 0 aliphatic heterocycles. The number of hydrogen-bond donors (Lipinski definition) is 0. The van der Waals surface area contributed by atoms with E-state index < -0.39 is 11.6 Å². The molecule has 1 aliphatic rings. The summed E-state index contributed by atoms with van der Waals surface area (Å²) in [5.41, 5.74) is 3.22. The van der Waals surface area contributed by atoms with Gasteiger partial charge >= 0.3 is 0 Å².